The summed E-state index contributed by atoms with van der Waals surface area (Å²) in [6.45, 7) is 4.61. The first-order chi connectivity index (χ1) is 13.2. The fraction of sp³-hybridized carbons (Fsp3) is 0.250. The van der Waals surface area contributed by atoms with Gasteiger partial charge in [0.05, 0.1) is 17.0 Å². The second kappa shape index (κ2) is 7.90. The Balaban J connectivity index is 1.84. The van der Waals surface area contributed by atoms with E-state index in [2.05, 4.69) is 16.0 Å². The predicted molar refractivity (Wildman–Crippen MR) is 113 cm³/mol. The smallest absolute Gasteiger partial charge is 0.257 e. The number of sulfonamides is 1. The van der Waals surface area contributed by atoms with Gasteiger partial charge in [0.2, 0.25) is 10.0 Å². The maximum absolute atomic E-state index is 12.8. The molecule has 0 saturated heterocycles. The molecule has 148 valence electrons. The molecule has 6 nitrogen and oxygen atoms in total. The van der Waals surface area contributed by atoms with Crippen LogP contribution in [0.4, 0.5) is 5.69 Å². The van der Waals surface area contributed by atoms with Gasteiger partial charge in [0.25, 0.3) is 5.91 Å². The van der Waals surface area contributed by atoms with Gasteiger partial charge in [0, 0.05) is 36.0 Å². The van der Waals surface area contributed by atoms with Crippen LogP contribution < -0.4 is 5.32 Å². The van der Waals surface area contributed by atoms with E-state index in [4.69, 9.17) is 0 Å². The number of benzene rings is 1. The lowest BCUT2D eigenvalue weighted by Gasteiger charge is -2.13. The third kappa shape index (κ3) is 4.04. The minimum atomic E-state index is -3.56. The molecule has 0 fully saturated rings. The molecule has 0 spiro atoms. The van der Waals surface area contributed by atoms with E-state index < -0.39 is 10.0 Å². The van der Waals surface area contributed by atoms with Gasteiger partial charge in [-0.2, -0.15) is 0 Å². The quantitative estimate of drug-likeness (QED) is 0.664. The van der Waals surface area contributed by atoms with Crippen molar-refractivity contribution in [3.63, 3.8) is 0 Å². The zero-order valence-electron chi connectivity index (χ0n) is 16.3. The van der Waals surface area contributed by atoms with Crippen LogP contribution in [0.25, 0.3) is 0 Å². The van der Waals surface area contributed by atoms with Crippen molar-refractivity contribution in [2.75, 3.05) is 19.4 Å². The van der Waals surface area contributed by atoms with Gasteiger partial charge in [0.15, 0.2) is 0 Å². The van der Waals surface area contributed by atoms with E-state index in [0.717, 1.165) is 22.2 Å². The number of rotatable bonds is 6. The lowest BCUT2D eigenvalue weighted by molar-refractivity contribution is 0.102. The Hall–Kier alpha value is -2.42. The zero-order valence-corrected chi connectivity index (χ0v) is 17.9. The highest BCUT2D eigenvalue weighted by Crippen LogP contribution is 2.22. The summed E-state index contributed by atoms with van der Waals surface area (Å²) in [4.78, 5) is 14.2. The van der Waals surface area contributed by atoms with Crippen LogP contribution in [0.5, 0.6) is 0 Å². The molecule has 0 aliphatic rings. The van der Waals surface area contributed by atoms with Gasteiger partial charge in [-0.1, -0.05) is 12.1 Å². The number of hydrogen-bond donors (Lipinski definition) is 1. The van der Waals surface area contributed by atoms with Gasteiger partial charge in [0.1, 0.15) is 0 Å². The molecule has 0 bridgehead atoms. The maximum atomic E-state index is 12.8. The van der Waals surface area contributed by atoms with Crippen LogP contribution in [0.15, 0.2) is 52.7 Å². The first-order valence-electron chi connectivity index (χ1n) is 8.73. The van der Waals surface area contributed by atoms with Crippen molar-refractivity contribution in [3.05, 3.63) is 69.7 Å². The molecule has 1 amide bonds. The number of carbonyl (C=O) groups excluding carboxylic acids is 1. The summed E-state index contributed by atoms with van der Waals surface area (Å²) in [5.74, 6) is -0.259. The number of amides is 1. The lowest BCUT2D eigenvalue weighted by Crippen LogP contribution is -2.22. The molecule has 3 rings (SSSR count). The van der Waals surface area contributed by atoms with Gasteiger partial charge < -0.3 is 9.88 Å². The van der Waals surface area contributed by atoms with Crippen molar-refractivity contribution in [1.82, 2.24) is 8.87 Å². The number of aryl methyl sites for hydroxylation is 1. The summed E-state index contributed by atoms with van der Waals surface area (Å²) in [5, 5.41) is 4.85. The number of aromatic nitrogens is 1. The molecule has 0 radical (unpaired) electrons. The van der Waals surface area contributed by atoms with Crippen molar-refractivity contribution < 1.29 is 13.2 Å². The normalized spacial score (nSPS) is 11.8. The highest BCUT2D eigenvalue weighted by molar-refractivity contribution is 7.89. The Bertz CT molecular complexity index is 1100. The average molecular weight is 418 g/mol. The highest BCUT2D eigenvalue weighted by atomic mass is 32.2. The Morgan fingerprint density at radius 2 is 1.89 bits per heavy atom. The molecule has 2 aromatic heterocycles. The van der Waals surface area contributed by atoms with Crippen molar-refractivity contribution in [1.29, 1.82) is 0 Å². The topological polar surface area (TPSA) is 71.4 Å². The van der Waals surface area contributed by atoms with Crippen LogP contribution >= 0.6 is 11.3 Å². The number of hydrogen-bond acceptors (Lipinski definition) is 4. The third-order valence-electron chi connectivity index (χ3n) is 4.58. The van der Waals surface area contributed by atoms with Crippen LogP contribution in [0.2, 0.25) is 0 Å². The first kappa shape index (κ1) is 20.3. The summed E-state index contributed by atoms with van der Waals surface area (Å²) in [7, 11) is -0.610. The minimum absolute atomic E-state index is 0.137. The van der Waals surface area contributed by atoms with Crippen molar-refractivity contribution in [3.8, 4) is 0 Å². The van der Waals surface area contributed by atoms with E-state index in [1.165, 1.54) is 31.1 Å². The number of thiophene rings is 1. The summed E-state index contributed by atoms with van der Waals surface area (Å²) in [6, 6.07) is 12.2. The molecule has 3 aromatic rings. The zero-order chi connectivity index (χ0) is 20.5. The minimum Gasteiger partial charge on any atom is -0.343 e. The summed E-state index contributed by atoms with van der Waals surface area (Å²) >= 11 is 1.68. The predicted octanol–water partition coefficient (Wildman–Crippen LogP) is 3.72. The fourth-order valence-electron chi connectivity index (χ4n) is 2.98. The number of nitrogens with zero attached hydrogens (tertiary/aromatic N) is 2. The van der Waals surface area contributed by atoms with E-state index >= 15 is 0 Å². The number of nitrogens with one attached hydrogen (secondary N) is 1. The average Bonchev–Trinajstić information content (AvgIpc) is 3.25. The largest absolute Gasteiger partial charge is 0.343 e. The summed E-state index contributed by atoms with van der Waals surface area (Å²) in [6.07, 6.45) is 0. The van der Waals surface area contributed by atoms with E-state index in [0.29, 0.717) is 11.3 Å². The molecule has 0 saturated carbocycles. The van der Waals surface area contributed by atoms with Crippen LogP contribution in [0.1, 0.15) is 26.6 Å². The third-order valence-corrected chi connectivity index (χ3v) is 7.26. The van der Waals surface area contributed by atoms with E-state index in [-0.39, 0.29) is 10.8 Å². The molecular weight excluding hydrogens is 394 g/mol. The molecule has 28 heavy (non-hydrogen) atoms. The molecule has 0 atom stereocenters. The second-order valence-electron chi connectivity index (χ2n) is 6.72. The van der Waals surface area contributed by atoms with E-state index in [1.54, 1.807) is 23.5 Å². The van der Waals surface area contributed by atoms with E-state index in [1.807, 2.05) is 31.4 Å². The van der Waals surface area contributed by atoms with E-state index in [9.17, 15) is 13.2 Å². The van der Waals surface area contributed by atoms with Crippen LogP contribution in [0.3, 0.4) is 0 Å². The Kier molecular flexibility index (Phi) is 5.74. The SMILES string of the molecule is Cc1cc(C(=O)Nc2cccc(S(=O)(=O)N(C)C)c2)c(C)n1Cc1cccs1. The number of carbonyl (C=O) groups is 1. The molecular formula is C20H23N3O3S2. The first-order valence-corrected chi connectivity index (χ1v) is 11.0. The van der Waals surface area contributed by atoms with Crippen molar-refractivity contribution >= 4 is 33.0 Å². The molecule has 0 aliphatic carbocycles. The lowest BCUT2D eigenvalue weighted by atomic mass is 10.2. The van der Waals surface area contributed by atoms with Crippen molar-refractivity contribution in [2.24, 2.45) is 0 Å². The Morgan fingerprint density at radius 3 is 2.54 bits per heavy atom. The summed E-state index contributed by atoms with van der Waals surface area (Å²) < 4.78 is 27.9. The highest BCUT2D eigenvalue weighted by Gasteiger charge is 2.19. The van der Waals surface area contributed by atoms with Crippen LogP contribution in [-0.2, 0) is 16.6 Å². The fourth-order valence-corrected chi connectivity index (χ4v) is 4.62. The molecule has 1 N–H and O–H groups in total. The van der Waals surface area contributed by atoms with Crippen molar-refractivity contribution in [2.45, 2.75) is 25.3 Å². The molecule has 8 heteroatoms. The second-order valence-corrected chi connectivity index (χ2v) is 9.90. The number of anilines is 1. The monoisotopic (exact) mass is 417 g/mol. The maximum Gasteiger partial charge on any atom is 0.257 e. The van der Waals surface area contributed by atoms with Crippen LogP contribution in [0, 0.1) is 13.8 Å². The molecule has 0 unspecified atom stereocenters. The van der Waals surface area contributed by atoms with Gasteiger partial charge in [-0.3, -0.25) is 4.79 Å². The van der Waals surface area contributed by atoms with Gasteiger partial charge in [-0.15, -0.1) is 11.3 Å². The Morgan fingerprint density at radius 1 is 1.14 bits per heavy atom. The summed E-state index contributed by atoms with van der Waals surface area (Å²) in [5.41, 5.74) is 2.89. The molecule has 2 heterocycles. The standard InChI is InChI=1S/C20H23N3O3S2/c1-14-11-19(15(2)23(14)13-17-8-6-10-27-17)20(24)21-16-7-5-9-18(12-16)28(25,26)22(3)4/h5-12H,13H2,1-4H3,(H,21,24). The molecule has 1 aromatic carbocycles. The van der Waals surface area contributed by atoms with Gasteiger partial charge >= 0.3 is 0 Å². The molecule has 0 aliphatic heterocycles. The Labute approximate surface area is 169 Å². The van der Waals surface area contributed by atoms with Gasteiger partial charge in [-0.05, 0) is 49.6 Å². The van der Waals surface area contributed by atoms with Gasteiger partial charge in [-0.25, -0.2) is 12.7 Å². The van der Waals surface area contributed by atoms with Crippen LogP contribution in [-0.4, -0.2) is 37.3 Å².